The van der Waals surface area contributed by atoms with Gasteiger partial charge in [-0.05, 0) is 56.0 Å². The highest BCUT2D eigenvalue weighted by molar-refractivity contribution is 6.02. The number of nitriles is 1. The Morgan fingerprint density at radius 2 is 1.88 bits per heavy atom. The smallest absolute Gasteiger partial charge is 0.269 e. The molecule has 7 nitrogen and oxygen atoms in total. The molecule has 33 heavy (non-hydrogen) atoms. The number of aryl methyl sites for hydroxylation is 2. The van der Waals surface area contributed by atoms with Gasteiger partial charge in [-0.3, -0.25) is 14.0 Å². The van der Waals surface area contributed by atoms with E-state index in [2.05, 4.69) is 10.3 Å². The van der Waals surface area contributed by atoms with E-state index in [4.69, 9.17) is 4.74 Å². The van der Waals surface area contributed by atoms with E-state index in [1.807, 2.05) is 44.2 Å². The van der Waals surface area contributed by atoms with E-state index in [0.717, 1.165) is 43.2 Å². The van der Waals surface area contributed by atoms with Gasteiger partial charge in [0.1, 0.15) is 28.6 Å². The molecule has 1 amide bonds. The molecule has 1 aliphatic carbocycles. The van der Waals surface area contributed by atoms with Crippen LogP contribution < -0.4 is 15.6 Å². The first-order chi connectivity index (χ1) is 16.0. The van der Waals surface area contributed by atoms with Gasteiger partial charge in [-0.2, -0.15) is 10.2 Å². The Labute approximate surface area is 192 Å². The molecule has 168 valence electrons. The van der Waals surface area contributed by atoms with Crippen LogP contribution in [0.3, 0.4) is 0 Å². The minimum absolute atomic E-state index is 0.0455. The Bertz CT molecular complexity index is 1330. The van der Waals surface area contributed by atoms with Crippen LogP contribution >= 0.6 is 0 Å². The number of hydrogen-bond acceptors (Lipinski definition) is 5. The Morgan fingerprint density at radius 1 is 1.15 bits per heavy atom. The first-order valence-corrected chi connectivity index (χ1v) is 11.2. The van der Waals surface area contributed by atoms with Crippen molar-refractivity contribution >= 4 is 17.6 Å². The average Bonchev–Trinajstić information content (AvgIpc) is 2.82. The van der Waals surface area contributed by atoms with Gasteiger partial charge in [-0.25, -0.2) is 0 Å². The summed E-state index contributed by atoms with van der Waals surface area (Å²) in [6.45, 7) is 3.75. The summed E-state index contributed by atoms with van der Waals surface area (Å²) in [6, 6.07) is 13.0. The topological polar surface area (TPSA) is 96.5 Å². The molecule has 7 heteroatoms. The maximum atomic E-state index is 13.4. The lowest BCUT2D eigenvalue weighted by atomic mass is 9.95. The number of aromatic nitrogens is 2. The summed E-state index contributed by atoms with van der Waals surface area (Å²) in [5.41, 5.74) is 1.61. The highest BCUT2D eigenvalue weighted by Crippen LogP contribution is 2.27. The van der Waals surface area contributed by atoms with Crippen molar-refractivity contribution < 1.29 is 9.53 Å². The number of amides is 1. The number of nitrogens with one attached hydrogen (secondary N) is 1. The second-order valence-electron chi connectivity index (χ2n) is 8.37. The highest BCUT2D eigenvalue weighted by atomic mass is 16.5. The molecule has 0 radical (unpaired) electrons. The van der Waals surface area contributed by atoms with Crippen molar-refractivity contribution in [3.05, 3.63) is 75.2 Å². The van der Waals surface area contributed by atoms with Gasteiger partial charge in [-0.1, -0.05) is 43.5 Å². The van der Waals surface area contributed by atoms with Crippen molar-refractivity contribution in [1.82, 2.24) is 14.7 Å². The van der Waals surface area contributed by atoms with Gasteiger partial charge >= 0.3 is 0 Å². The molecule has 0 atom stereocenters. The molecular formula is C26H26N4O3. The quantitative estimate of drug-likeness (QED) is 0.465. The van der Waals surface area contributed by atoms with Crippen molar-refractivity contribution in [3.8, 4) is 17.7 Å². The summed E-state index contributed by atoms with van der Waals surface area (Å²) in [6.07, 6.45) is 7.96. The number of pyridine rings is 1. The number of nitrogens with zero attached hydrogens (tertiary/aromatic N) is 3. The maximum Gasteiger partial charge on any atom is 0.269 e. The predicted molar refractivity (Wildman–Crippen MR) is 126 cm³/mol. The van der Waals surface area contributed by atoms with Crippen LogP contribution in [0.1, 0.15) is 48.8 Å². The third-order valence-electron chi connectivity index (χ3n) is 5.94. The fraction of sp³-hybridized carbons (Fsp3) is 0.308. The van der Waals surface area contributed by atoms with Gasteiger partial charge in [0.25, 0.3) is 11.5 Å². The zero-order valence-electron chi connectivity index (χ0n) is 18.8. The number of para-hydroxylation sites is 1. The molecule has 0 bridgehead atoms. The predicted octanol–water partition coefficient (Wildman–Crippen LogP) is 4.46. The fourth-order valence-corrected chi connectivity index (χ4v) is 4.07. The molecule has 1 aromatic carbocycles. The van der Waals surface area contributed by atoms with E-state index in [0.29, 0.717) is 11.4 Å². The molecule has 0 unspecified atom stereocenters. The monoisotopic (exact) mass is 442 g/mol. The minimum atomic E-state index is -0.486. The Hall–Kier alpha value is -3.92. The molecule has 2 aromatic heterocycles. The Balaban J connectivity index is 1.81. The van der Waals surface area contributed by atoms with Crippen molar-refractivity contribution in [2.24, 2.45) is 0 Å². The van der Waals surface area contributed by atoms with Gasteiger partial charge in [0.05, 0.1) is 0 Å². The molecule has 0 aliphatic heterocycles. The molecular weight excluding hydrogens is 416 g/mol. The summed E-state index contributed by atoms with van der Waals surface area (Å²) < 4.78 is 7.45. The Kier molecular flexibility index (Phi) is 6.55. The van der Waals surface area contributed by atoms with E-state index in [9.17, 15) is 14.9 Å². The number of carbonyl (C=O) groups excluding carboxylic acids is 1. The van der Waals surface area contributed by atoms with Crippen molar-refractivity contribution in [3.63, 3.8) is 0 Å². The van der Waals surface area contributed by atoms with Crippen molar-refractivity contribution in [1.29, 1.82) is 5.26 Å². The summed E-state index contributed by atoms with van der Waals surface area (Å²) in [4.78, 5) is 30.8. The van der Waals surface area contributed by atoms with Gasteiger partial charge in [0.2, 0.25) is 5.88 Å². The van der Waals surface area contributed by atoms with Crippen LogP contribution in [0.15, 0.2) is 53.0 Å². The summed E-state index contributed by atoms with van der Waals surface area (Å²) in [7, 11) is 0. The van der Waals surface area contributed by atoms with E-state index in [1.54, 1.807) is 18.3 Å². The number of fused-ring (bicyclic) bond motifs is 1. The van der Waals surface area contributed by atoms with Gasteiger partial charge < -0.3 is 10.1 Å². The van der Waals surface area contributed by atoms with Crippen LogP contribution in [0.2, 0.25) is 0 Å². The van der Waals surface area contributed by atoms with Crippen molar-refractivity contribution in [2.45, 2.75) is 52.0 Å². The maximum absolute atomic E-state index is 13.4. The number of hydrogen-bond donors (Lipinski definition) is 1. The molecule has 1 N–H and O–H groups in total. The standard InChI is InChI=1S/C26H26N4O3/c1-17-9-6-7-13-22(17)33-25-21(26(32)30-14-8-10-18(2)23(30)29-25)15-19(16-27)24(31)28-20-11-4-3-5-12-20/h6-10,13-15,20H,3-5,11-12H2,1-2H3,(H,28,31). The van der Waals surface area contributed by atoms with Crippen LogP contribution in [0.4, 0.5) is 0 Å². The first-order valence-electron chi connectivity index (χ1n) is 11.2. The van der Waals surface area contributed by atoms with E-state index < -0.39 is 11.5 Å². The average molecular weight is 443 g/mol. The lowest BCUT2D eigenvalue weighted by Crippen LogP contribution is -2.36. The molecule has 3 aromatic rings. The molecule has 1 fully saturated rings. The summed E-state index contributed by atoms with van der Waals surface area (Å²) >= 11 is 0. The Morgan fingerprint density at radius 3 is 2.61 bits per heavy atom. The van der Waals surface area contributed by atoms with E-state index in [1.165, 1.54) is 10.5 Å². The van der Waals surface area contributed by atoms with Crippen LogP contribution in [0.25, 0.3) is 11.7 Å². The lowest BCUT2D eigenvalue weighted by Gasteiger charge is -2.22. The van der Waals surface area contributed by atoms with Crippen LogP contribution in [0.5, 0.6) is 11.6 Å². The normalized spacial score (nSPS) is 14.6. The van der Waals surface area contributed by atoms with Crippen LogP contribution in [0, 0.1) is 25.2 Å². The lowest BCUT2D eigenvalue weighted by molar-refractivity contribution is -0.117. The van der Waals surface area contributed by atoms with Gasteiger partial charge in [0.15, 0.2) is 0 Å². The third-order valence-corrected chi connectivity index (χ3v) is 5.94. The number of ether oxygens (including phenoxy) is 1. The number of rotatable bonds is 5. The number of carbonyl (C=O) groups is 1. The minimum Gasteiger partial charge on any atom is -0.438 e. The molecule has 0 saturated heterocycles. The molecule has 4 rings (SSSR count). The van der Waals surface area contributed by atoms with Crippen LogP contribution in [-0.2, 0) is 4.79 Å². The first kappa shape index (κ1) is 22.3. The highest BCUT2D eigenvalue weighted by Gasteiger charge is 2.21. The second kappa shape index (κ2) is 9.70. The summed E-state index contributed by atoms with van der Waals surface area (Å²) in [5, 5.41) is 12.6. The number of benzene rings is 1. The molecule has 0 spiro atoms. The summed E-state index contributed by atoms with van der Waals surface area (Å²) in [5.74, 6) is 0.115. The molecule has 1 aliphatic rings. The van der Waals surface area contributed by atoms with Crippen LogP contribution in [-0.4, -0.2) is 21.3 Å². The second-order valence-corrected chi connectivity index (χ2v) is 8.37. The fourth-order valence-electron chi connectivity index (χ4n) is 4.07. The van der Waals surface area contributed by atoms with Crippen molar-refractivity contribution in [2.75, 3.05) is 0 Å². The zero-order valence-corrected chi connectivity index (χ0v) is 18.8. The van der Waals surface area contributed by atoms with Gasteiger partial charge in [-0.15, -0.1) is 0 Å². The van der Waals surface area contributed by atoms with Gasteiger partial charge in [0, 0.05) is 12.2 Å². The SMILES string of the molecule is Cc1ccccc1Oc1nc2c(C)cccn2c(=O)c1C=C(C#N)C(=O)NC1CCCCC1. The zero-order chi connectivity index (χ0) is 23.4. The molecule has 2 heterocycles. The third kappa shape index (κ3) is 4.80. The largest absolute Gasteiger partial charge is 0.438 e. The van der Waals surface area contributed by atoms with E-state index >= 15 is 0 Å². The molecule has 1 saturated carbocycles. The van der Waals surface area contributed by atoms with E-state index in [-0.39, 0.29) is 23.1 Å².